The van der Waals surface area contributed by atoms with Crippen molar-refractivity contribution in [3.8, 4) is 5.75 Å². The van der Waals surface area contributed by atoms with Crippen molar-refractivity contribution < 1.29 is 29.0 Å². The van der Waals surface area contributed by atoms with Crippen LogP contribution in [0.1, 0.15) is 65.2 Å². The molecule has 3 aliphatic heterocycles. The average Bonchev–Trinajstić information content (AvgIpc) is 3.67. The van der Waals surface area contributed by atoms with E-state index in [1.54, 1.807) is 22.0 Å². The summed E-state index contributed by atoms with van der Waals surface area (Å²) in [7, 11) is 0. The normalized spacial score (nSPS) is 28.8. The molecule has 3 saturated heterocycles. The maximum Gasteiger partial charge on any atom is 0.248 e. The topological polar surface area (TPSA) is 99.6 Å². The molecule has 234 valence electrons. The molecule has 1 aromatic rings. The molecular formula is C34H47N3O6. The van der Waals surface area contributed by atoms with Crippen LogP contribution >= 0.6 is 0 Å². The zero-order chi connectivity index (χ0) is 30.7. The number of nitrogens with zero attached hydrogens (tertiary/aromatic N) is 3. The summed E-state index contributed by atoms with van der Waals surface area (Å²) in [6.45, 7) is 12.5. The second kappa shape index (κ2) is 13.2. The molecule has 0 radical (unpaired) electrons. The Morgan fingerprint density at radius 2 is 1.79 bits per heavy atom. The van der Waals surface area contributed by atoms with Gasteiger partial charge in [-0.15, -0.1) is 13.2 Å². The van der Waals surface area contributed by atoms with E-state index in [2.05, 4.69) is 13.2 Å². The number of anilines is 1. The molecule has 1 spiro atoms. The van der Waals surface area contributed by atoms with Crippen molar-refractivity contribution in [2.45, 2.75) is 95.0 Å². The number of benzene rings is 1. The first-order valence-electron chi connectivity index (χ1n) is 16.0. The molecule has 6 atom stereocenters. The van der Waals surface area contributed by atoms with Gasteiger partial charge in [-0.05, 0) is 63.3 Å². The third-order valence-corrected chi connectivity index (χ3v) is 9.99. The van der Waals surface area contributed by atoms with Crippen LogP contribution in [0.15, 0.2) is 49.6 Å². The first-order chi connectivity index (χ1) is 20.9. The minimum atomic E-state index is -1.12. The van der Waals surface area contributed by atoms with Crippen molar-refractivity contribution >= 4 is 23.4 Å². The maximum absolute atomic E-state index is 14.7. The highest BCUT2D eigenvalue weighted by Crippen LogP contribution is 2.59. The summed E-state index contributed by atoms with van der Waals surface area (Å²) < 4.78 is 12.3. The molecule has 2 unspecified atom stereocenters. The SMILES string of the molecule is C=CCN(C(=O)[C@@H]1[C@@H]2CCC3(O2)C(C(=O)N(CC=C)C2CCCCC2)N([C@@H](CC)CO)C(=O)[C@H]13)c1ccc(OCC)cc1. The van der Waals surface area contributed by atoms with E-state index in [1.807, 2.05) is 43.0 Å². The summed E-state index contributed by atoms with van der Waals surface area (Å²) in [4.78, 5) is 48.7. The van der Waals surface area contributed by atoms with Crippen LogP contribution in [0.3, 0.4) is 0 Å². The number of aliphatic hydroxyl groups excluding tert-OH is 1. The Kier molecular flexibility index (Phi) is 9.61. The summed E-state index contributed by atoms with van der Waals surface area (Å²) in [5, 5.41) is 10.4. The molecule has 4 fully saturated rings. The molecular weight excluding hydrogens is 546 g/mol. The second-order valence-electron chi connectivity index (χ2n) is 12.3. The van der Waals surface area contributed by atoms with E-state index in [4.69, 9.17) is 9.47 Å². The van der Waals surface area contributed by atoms with E-state index in [9.17, 15) is 19.5 Å². The number of aliphatic hydroxyl groups is 1. The highest BCUT2D eigenvalue weighted by molar-refractivity contribution is 6.03. The van der Waals surface area contributed by atoms with Gasteiger partial charge in [-0.1, -0.05) is 38.3 Å². The molecule has 1 saturated carbocycles. The van der Waals surface area contributed by atoms with E-state index in [1.165, 1.54) is 0 Å². The second-order valence-corrected chi connectivity index (χ2v) is 12.3. The Morgan fingerprint density at radius 3 is 2.40 bits per heavy atom. The smallest absolute Gasteiger partial charge is 0.248 e. The predicted octanol–water partition coefficient (Wildman–Crippen LogP) is 4.10. The Hall–Kier alpha value is -3.17. The first-order valence-corrected chi connectivity index (χ1v) is 16.0. The molecule has 5 rings (SSSR count). The molecule has 43 heavy (non-hydrogen) atoms. The van der Waals surface area contributed by atoms with Crippen LogP contribution in [0.4, 0.5) is 5.69 Å². The molecule has 1 aromatic carbocycles. The minimum Gasteiger partial charge on any atom is -0.494 e. The van der Waals surface area contributed by atoms with Gasteiger partial charge in [0.05, 0.1) is 37.2 Å². The van der Waals surface area contributed by atoms with Crippen LogP contribution in [0.2, 0.25) is 0 Å². The summed E-state index contributed by atoms with van der Waals surface area (Å²) in [5.41, 5.74) is -0.439. The summed E-state index contributed by atoms with van der Waals surface area (Å²) in [6, 6.07) is 5.94. The van der Waals surface area contributed by atoms with Gasteiger partial charge in [0, 0.05) is 24.8 Å². The lowest BCUT2D eigenvalue weighted by molar-refractivity contribution is -0.153. The number of fused-ring (bicyclic) bond motifs is 1. The van der Waals surface area contributed by atoms with Crippen LogP contribution in [0.25, 0.3) is 0 Å². The van der Waals surface area contributed by atoms with Crippen LogP contribution in [0, 0.1) is 11.8 Å². The molecule has 3 heterocycles. The third kappa shape index (κ3) is 5.39. The number of carbonyl (C=O) groups is 3. The molecule has 4 aliphatic rings. The van der Waals surface area contributed by atoms with E-state index in [0.717, 1.165) is 32.1 Å². The van der Waals surface area contributed by atoms with Crippen molar-refractivity contribution in [2.24, 2.45) is 11.8 Å². The monoisotopic (exact) mass is 593 g/mol. The highest BCUT2D eigenvalue weighted by atomic mass is 16.5. The third-order valence-electron chi connectivity index (χ3n) is 9.99. The van der Waals surface area contributed by atoms with Crippen molar-refractivity contribution in [2.75, 3.05) is 31.2 Å². The fourth-order valence-corrected chi connectivity index (χ4v) is 8.09. The number of rotatable bonds is 13. The highest BCUT2D eigenvalue weighted by Gasteiger charge is 2.75. The quantitative estimate of drug-likeness (QED) is 0.346. The number of carbonyl (C=O) groups excluding carboxylic acids is 3. The van der Waals surface area contributed by atoms with Crippen LogP contribution in [-0.2, 0) is 19.1 Å². The maximum atomic E-state index is 14.7. The Labute approximate surface area is 255 Å². The van der Waals surface area contributed by atoms with Gasteiger partial charge < -0.3 is 29.3 Å². The Bertz CT molecular complexity index is 1190. The van der Waals surface area contributed by atoms with Crippen molar-refractivity contribution in [3.05, 3.63) is 49.6 Å². The van der Waals surface area contributed by atoms with E-state index >= 15 is 0 Å². The largest absolute Gasteiger partial charge is 0.494 e. The van der Waals surface area contributed by atoms with Crippen molar-refractivity contribution in [3.63, 3.8) is 0 Å². The zero-order valence-corrected chi connectivity index (χ0v) is 25.7. The zero-order valence-electron chi connectivity index (χ0n) is 25.7. The molecule has 9 heteroatoms. The number of ether oxygens (including phenoxy) is 2. The molecule has 0 aromatic heterocycles. The molecule has 2 bridgehead atoms. The Morgan fingerprint density at radius 1 is 1.09 bits per heavy atom. The van der Waals surface area contributed by atoms with Gasteiger partial charge >= 0.3 is 0 Å². The first kappa shape index (κ1) is 31.3. The Balaban J connectivity index is 1.53. The predicted molar refractivity (Wildman–Crippen MR) is 165 cm³/mol. The van der Waals surface area contributed by atoms with Gasteiger partial charge in [0.1, 0.15) is 17.4 Å². The standard InChI is InChI=1S/C34H47N3O6/c1-5-20-35(25-14-16-26(17-15-25)42-8-4)31(39)28-27-18-19-34(43-27)29(28)32(40)37(23(7-3)22-38)30(34)33(41)36(21-6-2)24-12-10-9-11-13-24/h5-6,14-17,23-24,27-30,38H,1-2,7-13,18-22H2,3-4H3/t23-,27-,28+,29-,30?,34?/m0/s1. The van der Waals surface area contributed by atoms with Gasteiger partial charge in [0.25, 0.3) is 0 Å². The number of likely N-dealkylation sites (tertiary alicyclic amines) is 1. The van der Waals surface area contributed by atoms with Gasteiger partial charge in [-0.2, -0.15) is 0 Å². The summed E-state index contributed by atoms with van der Waals surface area (Å²) >= 11 is 0. The van der Waals surface area contributed by atoms with Crippen molar-refractivity contribution in [1.82, 2.24) is 9.80 Å². The van der Waals surface area contributed by atoms with E-state index < -0.39 is 35.6 Å². The molecule has 1 aliphatic carbocycles. The fourth-order valence-electron chi connectivity index (χ4n) is 8.09. The van der Waals surface area contributed by atoms with Crippen LogP contribution in [-0.4, -0.2) is 88.8 Å². The van der Waals surface area contributed by atoms with Crippen LogP contribution < -0.4 is 9.64 Å². The number of amides is 3. The molecule has 9 nitrogen and oxygen atoms in total. The van der Waals surface area contributed by atoms with Gasteiger partial charge in [-0.3, -0.25) is 14.4 Å². The van der Waals surface area contributed by atoms with E-state index in [0.29, 0.717) is 43.9 Å². The lowest BCUT2D eigenvalue weighted by Crippen LogP contribution is -2.60. The van der Waals surface area contributed by atoms with Crippen molar-refractivity contribution in [1.29, 1.82) is 0 Å². The molecule has 1 N–H and O–H groups in total. The van der Waals surface area contributed by atoms with Gasteiger partial charge in [0.2, 0.25) is 17.7 Å². The number of hydrogen-bond acceptors (Lipinski definition) is 6. The average molecular weight is 594 g/mol. The molecule has 3 amide bonds. The van der Waals surface area contributed by atoms with Gasteiger partial charge in [0.15, 0.2) is 0 Å². The lowest BCUT2D eigenvalue weighted by Gasteiger charge is -2.42. The van der Waals surface area contributed by atoms with E-state index in [-0.39, 0.29) is 36.9 Å². The fraction of sp³-hybridized carbons (Fsp3) is 0.618. The number of hydrogen-bond donors (Lipinski definition) is 1. The summed E-state index contributed by atoms with van der Waals surface area (Å²) in [6.07, 6.45) is 9.63. The summed E-state index contributed by atoms with van der Waals surface area (Å²) in [5.74, 6) is -1.48. The lowest BCUT2D eigenvalue weighted by atomic mass is 9.70. The minimum absolute atomic E-state index is 0.0691. The van der Waals surface area contributed by atoms with Crippen LogP contribution in [0.5, 0.6) is 5.75 Å². The van der Waals surface area contributed by atoms with Gasteiger partial charge in [-0.25, -0.2) is 0 Å².